The summed E-state index contributed by atoms with van der Waals surface area (Å²) in [6.07, 6.45) is 5.13. The Balaban J connectivity index is 1.21. The highest BCUT2D eigenvalue weighted by molar-refractivity contribution is 5.95. The number of nitrogens with two attached hydrogens (primary N) is 1. The molecule has 0 atom stereocenters. The van der Waals surface area contributed by atoms with Crippen molar-refractivity contribution in [2.45, 2.75) is 32.2 Å². The number of hydrogen-bond donors (Lipinski definition) is 3. The third-order valence-electron chi connectivity index (χ3n) is 6.90. The maximum absolute atomic E-state index is 14.9. The fourth-order valence-electron chi connectivity index (χ4n) is 4.73. The quantitative estimate of drug-likeness (QED) is 0.305. The number of anilines is 2. The number of rotatable bonds is 8. The van der Waals surface area contributed by atoms with Gasteiger partial charge < -0.3 is 21.3 Å². The third-order valence-corrected chi connectivity index (χ3v) is 6.90. The second-order valence-corrected chi connectivity index (χ2v) is 9.66. The largest absolute Gasteiger partial charge is 0.396 e. The van der Waals surface area contributed by atoms with Crippen LogP contribution >= 0.6 is 0 Å². The van der Waals surface area contributed by atoms with E-state index in [0.717, 1.165) is 48.8 Å². The van der Waals surface area contributed by atoms with E-state index in [1.165, 1.54) is 12.1 Å². The van der Waals surface area contributed by atoms with Crippen LogP contribution in [0.2, 0.25) is 0 Å². The average Bonchev–Trinajstić information content (AvgIpc) is 2.97. The monoisotopic (exact) mass is 526 g/mol. The zero-order valence-corrected chi connectivity index (χ0v) is 21.6. The van der Waals surface area contributed by atoms with E-state index < -0.39 is 11.7 Å². The van der Waals surface area contributed by atoms with Gasteiger partial charge in [0.1, 0.15) is 11.6 Å². The van der Waals surface area contributed by atoms with E-state index in [9.17, 15) is 14.0 Å². The van der Waals surface area contributed by atoms with Gasteiger partial charge in [-0.3, -0.25) is 14.6 Å². The number of aromatic nitrogens is 2. The lowest BCUT2D eigenvalue weighted by molar-refractivity contribution is -0.131. The lowest BCUT2D eigenvalue weighted by atomic mass is 10.1. The predicted molar refractivity (Wildman–Crippen MR) is 150 cm³/mol. The van der Waals surface area contributed by atoms with Crippen molar-refractivity contribution < 1.29 is 14.0 Å². The normalized spacial score (nSPS) is 13.3. The second-order valence-electron chi connectivity index (χ2n) is 9.66. The Morgan fingerprint density at radius 2 is 1.85 bits per heavy atom. The van der Waals surface area contributed by atoms with Gasteiger partial charge in [-0.1, -0.05) is 18.2 Å². The Morgan fingerprint density at radius 3 is 2.67 bits per heavy atom. The summed E-state index contributed by atoms with van der Waals surface area (Å²) in [5, 5.41) is 6.96. The van der Waals surface area contributed by atoms with Gasteiger partial charge in [-0.05, 0) is 67.3 Å². The number of piperidine rings is 1. The standard InChI is InChI=1S/C30H31FN6O2/c31-24-18-22(7-8-23(24)30(39)34-14-12-28(38)37-15-2-1-3-16-37)27-11-9-25(32)29(36-27)35-19-20-6-10-26-21(17-20)5-4-13-33-26/h4-11,13,17-18H,1-3,12,14-16,19,32H2,(H,34,39)(H,35,36). The molecule has 0 bridgehead atoms. The average molecular weight is 527 g/mol. The highest BCUT2D eigenvalue weighted by atomic mass is 19.1. The molecule has 3 heterocycles. The first-order chi connectivity index (χ1) is 19.0. The van der Waals surface area contributed by atoms with E-state index in [2.05, 4.69) is 26.7 Å². The summed E-state index contributed by atoms with van der Waals surface area (Å²) in [7, 11) is 0. The van der Waals surface area contributed by atoms with Gasteiger partial charge >= 0.3 is 0 Å². The van der Waals surface area contributed by atoms with Gasteiger partial charge in [0.25, 0.3) is 5.91 Å². The summed E-state index contributed by atoms with van der Waals surface area (Å²) >= 11 is 0. The van der Waals surface area contributed by atoms with Crippen molar-refractivity contribution in [2.24, 2.45) is 0 Å². The summed E-state index contributed by atoms with van der Waals surface area (Å²) < 4.78 is 14.9. The van der Waals surface area contributed by atoms with Gasteiger partial charge in [-0.25, -0.2) is 9.37 Å². The Morgan fingerprint density at radius 1 is 1.00 bits per heavy atom. The van der Waals surface area contributed by atoms with Crippen molar-refractivity contribution in [3.63, 3.8) is 0 Å². The molecule has 4 N–H and O–H groups in total. The van der Waals surface area contributed by atoms with Crippen LogP contribution in [0.3, 0.4) is 0 Å². The van der Waals surface area contributed by atoms with Crippen LogP contribution in [0.1, 0.15) is 41.6 Å². The minimum atomic E-state index is -0.662. The molecule has 4 aromatic rings. The van der Waals surface area contributed by atoms with Crippen LogP contribution < -0.4 is 16.4 Å². The van der Waals surface area contributed by atoms with Gasteiger partial charge in [0.2, 0.25) is 5.91 Å². The Bertz CT molecular complexity index is 1500. The number of hydrogen-bond acceptors (Lipinski definition) is 6. The zero-order chi connectivity index (χ0) is 27.2. The zero-order valence-electron chi connectivity index (χ0n) is 21.6. The number of nitrogens with zero attached hydrogens (tertiary/aromatic N) is 3. The van der Waals surface area contributed by atoms with E-state index >= 15 is 0 Å². The maximum atomic E-state index is 14.9. The second kappa shape index (κ2) is 11.9. The van der Waals surface area contributed by atoms with Crippen molar-refractivity contribution in [2.75, 3.05) is 30.7 Å². The van der Waals surface area contributed by atoms with Crippen LogP contribution in [-0.2, 0) is 11.3 Å². The third kappa shape index (κ3) is 6.31. The Hall–Kier alpha value is -4.53. The molecule has 1 saturated heterocycles. The smallest absolute Gasteiger partial charge is 0.254 e. The van der Waals surface area contributed by atoms with E-state index in [0.29, 0.717) is 29.3 Å². The molecule has 1 aliphatic rings. The number of nitrogens with one attached hydrogen (secondary N) is 2. The summed E-state index contributed by atoms with van der Waals surface area (Å²) in [6.45, 7) is 2.19. The number of benzene rings is 2. The first kappa shape index (κ1) is 26.1. The number of carbonyl (C=O) groups is 2. The lowest BCUT2D eigenvalue weighted by Crippen LogP contribution is -2.37. The minimum Gasteiger partial charge on any atom is -0.396 e. The Labute approximate surface area is 226 Å². The summed E-state index contributed by atoms with van der Waals surface area (Å²) in [4.78, 5) is 35.6. The molecule has 0 spiro atoms. The molecule has 0 saturated carbocycles. The molecule has 2 aromatic heterocycles. The molecule has 1 fully saturated rings. The van der Waals surface area contributed by atoms with Crippen molar-refractivity contribution in [3.8, 4) is 11.3 Å². The van der Waals surface area contributed by atoms with Gasteiger partial charge in [0.15, 0.2) is 0 Å². The number of carbonyl (C=O) groups excluding carboxylic acids is 2. The van der Waals surface area contributed by atoms with E-state index in [1.807, 2.05) is 29.2 Å². The van der Waals surface area contributed by atoms with Crippen molar-refractivity contribution in [3.05, 3.63) is 83.8 Å². The molecule has 5 rings (SSSR count). The SMILES string of the molecule is Nc1ccc(-c2ccc(C(=O)NCCC(=O)N3CCCCC3)c(F)c2)nc1NCc1ccc2ncccc2c1. The molecular formula is C30H31FN6O2. The maximum Gasteiger partial charge on any atom is 0.254 e. The molecule has 1 aliphatic heterocycles. The van der Waals surface area contributed by atoms with Crippen LogP contribution in [0.4, 0.5) is 15.9 Å². The fraction of sp³-hybridized carbons (Fsp3) is 0.267. The Kier molecular flexibility index (Phi) is 7.96. The van der Waals surface area contributed by atoms with Crippen LogP contribution in [0, 0.1) is 5.82 Å². The van der Waals surface area contributed by atoms with Gasteiger partial charge in [-0.15, -0.1) is 0 Å². The molecular weight excluding hydrogens is 495 g/mol. The van der Waals surface area contributed by atoms with E-state index in [1.54, 1.807) is 24.4 Å². The van der Waals surface area contributed by atoms with Crippen LogP contribution in [0.15, 0.2) is 66.9 Å². The highest BCUT2D eigenvalue weighted by Crippen LogP contribution is 2.26. The summed E-state index contributed by atoms with van der Waals surface area (Å²) in [5.41, 5.74) is 9.54. The van der Waals surface area contributed by atoms with Crippen LogP contribution in [0.5, 0.6) is 0 Å². The van der Waals surface area contributed by atoms with Gasteiger partial charge in [0.05, 0.1) is 22.5 Å². The first-order valence-electron chi connectivity index (χ1n) is 13.2. The highest BCUT2D eigenvalue weighted by Gasteiger charge is 2.18. The number of amides is 2. The van der Waals surface area contributed by atoms with Gasteiger partial charge in [-0.2, -0.15) is 0 Å². The molecule has 200 valence electrons. The van der Waals surface area contributed by atoms with Crippen molar-refractivity contribution in [1.82, 2.24) is 20.2 Å². The van der Waals surface area contributed by atoms with E-state index in [-0.39, 0.29) is 24.4 Å². The minimum absolute atomic E-state index is 0.0160. The van der Waals surface area contributed by atoms with Crippen LogP contribution in [-0.4, -0.2) is 46.3 Å². The number of nitrogen functional groups attached to an aromatic ring is 1. The van der Waals surface area contributed by atoms with E-state index in [4.69, 9.17) is 5.73 Å². The number of likely N-dealkylation sites (tertiary alicyclic amines) is 1. The first-order valence-corrected chi connectivity index (χ1v) is 13.2. The molecule has 9 heteroatoms. The molecule has 8 nitrogen and oxygen atoms in total. The molecule has 0 radical (unpaired) electrons. The summed E-state index contributed by atoms with van der Waals surface area (Å²) in [6, 6.07) is 17.7. The van der Waals surface area contributed by atoms with Crippen molar-refractivity contribution in [1.29, 1.82) is 0 Å². The molecule has 2 amide bonds. The molecule has 2 aromatic carbocycles. The number of fused-ring (bicyclic) bond motifs is 1. The number of halogens is 1. The van der Waals surface area contributed by atoms with Crippen LogP contribution in [0.25, 0.3) is 22.2 Å². The molecule has 39 heavy (non-hydrogen) atoms. The van der Waals surface area contributed by atoms with Crippen molar-refractivity contribution >= 4 is 34.2 Å². The predicted octanol–water partition coefficient (Wildman–Crippen LogP) is 4.76. The summed E-state index contributed by atoms with van der Waals surface area (Å²) in [5.74, 6) is -0.712. The van der Waals surface area contributed by atoms with Gasteiger partial charge in [0, 0.05) is 49.7 Å². The topological polar surface area (TPSA) is 113 Å². The molecule has 0 aliphatic carbocycles. The lowest BCUT2D eigenvalue weighted by Gasteiger charge is -2.26. The number of pyridine rings is 2. The molecule has 0 unspecified atom stereocenters. The fourth-order valence-corrected chi connectivity index (χ4v) is 4.73.